The lowest BCUT2D eigenvalue weighted by atomic mass is 9.83. The lowest BCUT2D eigenvalue weighted by molar-refractivity contribution is -0.133. The molecule has 0 saturated carbocycles. The summed E-state index contributed by atoms with van der Waals surface area (Å²) in [6.07, 6.45) is 8.96. The molecule has 3 aliphatic heterocycles. The van der Waals surface area contributed by atoms with Crippen LogP contribution >= 0.6 is 0 Å². The fraction of sp³-hybridized carbons (Fsp3) is 0.720. The number of imide groups is 1. The lowest BCUT2D eigenvalue weighted by Crippen LogP contribution is -2.51. The van der Waals surface area contributed by atoms with Crippen LogP contribution in [0.3, 0.4) is 0 Å². The number of piperidine rings is 2. The summed E-state index contributed by atoms with van der Waals surface area (Å²) in [5, 5.41) is 2.73. The summed E-state index contributed by atoms with van der Waals surface area (Å²) >= 11 is 0. The molecule has 188 valence electrons. The number of furan rings is 1. The summed E-state index contributed by atoms with van der Waals surface area (Å²) in [6, 6.07) is 2.92. The second-order valence-electron chi connectivity index (χ2n) is 9.73. The zero-order valence-corrected chi connectivity index (χ0v) is 20.2. The van der Waals surface area contributed by atoms with Gasteiger partial charge in [0, 0.05) is 39.3 Å². The molecule has 9 nitrogen and oxygen atoms in total. The number of hydrogen-bond donors (Lipinski definition) is 1. The summed E-state index contributed by atoms with van der Waals surface area (Å²) in [6.45, 7) is 4.49. The van der Waals surface area contributed by atoms with E-state index in [0.717, 1.165) is 24.3 Å². The number of nitrogens with zero attached hydrogens (tertiary/aromatic N) is 3. The zero-order chi connectivity index (χ0) is 23.9. The quantitative estimate of drug-likeness (QED) is 0.391. The Morgan fingerprint density at radius 2 is 2.09 bits per heavy atom. The molecule has 0 unspecified atom stereocenters. The Morgan fingerprint density at radius 3 is 2.88 bits per heavy atom. The van der Waals surface area contributed by atoms with Crippen molar-refractivity contribution >= 4 is 17.8 Å². The number of fused-ring (bicyclic) bond motifs is 1. The molecule has 4 rings (SSSR count). The molecule has 3 fully saturated rings. The minimum absolute atomic E-state index is 0.0515. The number of nitrogens with one attached hydrogen (secondary N) is 1. The average molecular weight is 475 g/mol. The van der Waals surface area contributed by atoms with Crippen LogP contribution in [0.1, 0.15) is 57.1 Å². The lowest BCUT2D eigenvalue weighted by Gasteiger charge is -2.45. The van der Waals surface area contributed by atoms with Gasteiger partial charge in [-0.3, -0.25) is 14.5 Å². The molecule has 3 saturated heterocycles. The molecule has 0 bridgehead atoms. The van der Waals surface area contributed by atoms with E-state index in [4.69, 9.17) is 9.15 Å². The van der Waals surface area contributed by atoms with Crippen LogP contribution in [0, 0.1) is 5.92 Å². The Kier molecular flexibility index (Phi) is 8.61. The first-order valence-electron chi connectivity index (χ1n) is 12.7. The van der Waals surface area contributed by atoms with Crippen molar-refractivity contribution in [2.45, 2.75) is 70.0 Å². The highest BCUT2D eigenvalue weighted by Crippen LogP contribution is 2.31. The first-order chi connectivity index (χ1) is 16.6. The van der Waals surface area contributed by atoms with Gasteiger partial charge in [-0.25, -0.2) is 4.79 Å². The molecule has 1 N–H and O–H groups in total. The first kappa shape index (κ1) is 24.7. The highest BCUT2D eigenvalue weighted by molar-refractivity contribution is 6.04. The fourth-order valence-corrected chi connectivity index (χ4v) is 5.70. The Hall–Kier alpha value is -2.39. The van der Waals surface area contributed by atoms with Crippen molar-refractivity contribution in [1.29, 1.82) is 0 Å². The van der Waals surface area contributed by atoms with Gasteiger partial charge in [-0.2, -0.15) is 0 Å². The Balaban J connectivity index is 1.33. The number of methoxy groups -OCH3 is 1. The maximum absolute atomic E-state index is 13.3. The van der Waals surface area contributed by atoms with Gasteiger partial charge in [-0.1, -0.05) is 6.42 Å². The second kappa shape index (κ2) is 11.8. The van der Waals surface area contributed by atoms with Crippen molar-refractivity contribution in [1.82, 2.24) is 20.0 Å². The maximum Gasteiger partial charge on any atom is 0.325 e. The zero-order valence-electron chi connectivity index (χ0n) is 20.2. The van der Waals surface area contributed by atoms with Crippen LogP contribution in [0.25, 0.3) is 0 Å². The van der Waals surface area contributed by atoms with E-state index in [1.807, 2.05) is 4.90 Å². The van der Waals surface area contributed by atoms with E-state index in [1.54, 1.807) is 19.2 Å². The Labute approximate surface area is 201 Å². The van der Waals surface area contributed by atoms with E-state index >= 15 is 0 Å². The van der Waals surface area contributed by atoms with E-state index in [0.29, 0.717) is 37.3 Å². The number of carbonyl (C=O) groups excluding carboxylic acids is 3. The highest BCUT2D eigenvalue weighted by atomic mass is 16.5. The van der Waals surface area contributed by atoms with Crippen molar-refractivity contribution in [2.24, 2.45) is 5.92 Å². The summed E-state index contributed by atoms with van der Waals surface area (Å²) < 4.78 is 10.5. The smallest absolute Gasteiger partial charge is 0.325 e. The van der Waals surface area contributed by atoms with Gasteiger partial charge in [0.15, 0.2) is 0 Å². The van der Waals surface area contributed by atoms with Crippen molar-refractivity contribution < 1.29 is 23.5 Å². The minimum Gasteiger partial charge on any atom is -0.467 e. The normalized spacial score (nSPS) is 25.3. The molecule has 0 spiro atoms. The number of urea groups is 1. The van der Waals surface area contributed by atoms with Gasteiger partial charge in [0.1, 0.15) is 11.8 Å². The monoisotopic (exact) mass is 474 g/mol. The summed E-state index contributed by atoms with van der Waals surface area (Å²) in [5.74, 6) is 0.798. The topological polar surface area (TPSA) is 95.3 Å². The van der Waals surface area contributed by atoms with Crippen LogP contribution in [0.5, 0.6) is 0 Å². The van der Waals surface area contributed by atoms with Gasteiger partial charge in [0.2, 0.25) is 5.91 Å². The van der Waals surface area contributed by atoms with Gasteiger partial charge in [-0.15, -0.1) is 0 Å². The number of hydrogen-bond acceptors (Lipinski definition) is 6. The van der Waals surface area contributed by atoms with Crippen LogP contribution < -0.4 is 5.32 Å². The third kappa shape index (κ3) is 5.99. The predicted octanol–water partition coefficient (Wildman–Crippen LogP) is 2.61. The average Bonchev–Trinajstić information content (AvgIpc) is 3.46. The van der Waals surface area contributed by atoms with Gasteiger partial charge in [-0.05, 0) is 69.7 Å². The Morgan fingerprint density at radius 1 is 1.24 bits per heavy atom. The molecule has 3 atom stereocenters. The SMILES string of the molecule is COCCCN(C[C@@H]1CCCN2CCCC[C@H]12)C(=O)CC[C@@H]1NC(=O)N(Cc2ccco2)C1=O. The number of rotatable bonds is 11. The van der Waals surface area contributed by atoms with Crippen LogP contribution in [0.4, 0.5) is 4.79 Å². The van der Waals surface area contributed by atoms with Crippen LogP contribution in [0.15, 0.2) is 22.8 Å². The van der Waals surface area contributed by atoms with Crippen molar-refractivity contribution in [3.63, 3.8) is 0 Å². The largest absolute Gasteiger partial charge is 0.467 e. The molecule has 4 heterocycles. The van der Waals surface area contributed by atoms with E-state index in [9.17, 15) is 14.4 Å². The molecule has 3 aliphatic rings. The molecule has 34 heavy (non-hydrogen) atoms. The molecule has 1 aromatic heterocycles. The van der Waals surface area contributed by atoms with Crippen molar-refractivity contribution in [3.8, 4) is 0 Å². The standard InChI is InChI=1S/C25H38N4O5/c1-33-15-6-14-28(17-19-7-4-13-27-12-3-2-9-22(19)27)23(30)11-10-21-24(31)29(25(32)26-21)18-20-8-5-16-34-20/h5,8,16,19,21-22H,2-4,6-7,9-15,17-18H2,1H3,(H,26,32)/t19-,21-,22+/m0/s1. The summed E-state index contributed by atoms with van der Waals surface area (Å²) in [5.41, 5.74) is 0. The Bertz CT molecular complexity index is 827. The number of amides is 4. The van der Waals surface area contributed by atoms with Gasteiger partial charge < -0.3 is 24.3 Å². The highest BCUT2D eigenvalue weighted by Gasteiger charge is 2.39. The van der Waals surface area contributed by atoms with Crippen LogP contribution in [-0.2, 0) is 20.9 Å². The first-order valence-corrected chi connectivity index (χ1v) is 12.7. The molecule has 1 aromatic rings. The molecule has 0 aliphatic carbocycles. The second-order valence-corrected chi connectivity index (χ2v) is 9.73. The van der Waals surface area contributed by atoms with Gasteiger partial charge in [0.25, 0.3) is 5.91 Å². The molecular weight excluding hydrogens is 436 g/mol. The van der Waals surface area contributed by atoms with Gasteiger partial charge in [0.05, 0.1) is 12.8 Å². The van der Waals surface area contributed by atoms with Gasteiger partial charge >= 0.3 is 6.03 Å². The van der Waals surface area contributed by atoms with Crippen LogP contribution in [0.2, 0.25) is 0 Å². The van der Waals surface area contributed by atoms with E-state index in [1.165, 1.54) is 45.0 Å². The van der Waals surface area contributed by atoms with E-state index in [-0.39, 0.29) is 24.8 Å². The third-order valence-corrected chi connectivity index (χ3v) is 7.46. The summed E-state index contributed by atoms with van der Waals surface area (Å²) in [7, 11) is 1.68. The molecule has 9 heteroatoms. The number of ether oxygens (including phenoxy) is 1. The van der Waals surface area contributed by atoms with Crippen molar-refractivity contribution in [3.05, 3.63) is 24.2 Å². The van der Waals surface area contributed by atoms with E-state index in [2.05, 4.69) is 10.2 Å². The number of carbonyl (C=O) groups is 3. The molecule has 4 amide bonds. The maximum atomic E-state index is 13.3. The molecular formula is C25H38N4O5. The predicted molar refractivity (Wildman–Crippen MR) is 126 cm³/mol. The van der Waals surface area contributed by atoms with Crippen LogP contribution in [-0.4, -0.2) is 84.5 Å². The third-order valence-electron chi connectivity index (χ3n) is 7.46. The minimum atomic E-state index is -0.671. The fourth-order valence-electron chi connectivity index (χ4n) is 5.70. The van der Waals surface area contributed by atoms with E-state index < -0.39 is 12.1 Å². The summed E-state index contributed by atoms with van der Waals surface area (Å²) in [4.78, 5) is 44.1. The molecule has 0 aromatic carbocycles. The molecule has 0 radical (unpaired) electrons. The van der Waals surface area contributed by atoms with Crippen molar-refractivity contribution in [2.75, 3.05) is 39.9 Å².